The van der Waals surface area contributed by atoms with E-state index in [1.807, 2.05) is 72.8 Å². The normalized spacial score (nSPS) is 9.61. The summed E-state index contributed by atoms with van der Waals surface area (Å²) in [5, 5.41) is 8.32. The second-order valence-corrected chi connectivity index (χ2v) is 7.73. The summed E-state index contributed by atoms with van der Waals surface area (Å²) < 4.78 is 0. The molecule has 0 aliphatic carbocycles. The quantitative estimate of drug-likeness (QED) is 0.238. The highest BCUT2D eigenvalue weighted by Gasteiger charge is 2.10. The molecule has 4 aromatic heterocycles. The van der Waals surface area contributed by atoms with Crippen LogP contribution in [0.4, 0.5) is 0 Å². The Hall–Kier alpha value is -4.70. The first kappa shape index (κ1) is 25.9. The van der Waals surface area contributed by atoms with Gasteiger partial charge in [-0.1, -0.05) is 36.5 Å². The molecule has 0 aromatic carbocycles. The van der Waals surface area contributed by atoms with Crippen LogP contribution >= 0.6 is 12.2 Å². The summed E-state index contributed by atoms with van der Waals surface area (Å²) in [4.78, 5) is 28.5. The van der Waals surface area contributed by atoms with Crippen molar-refractivity contribution in [2.24, 2.45) is 10.2 Å². The van der Waals surface area contributed by atoms with Crippen LogP contribution in [0.15, 0.2) is 108 Å². The fourth-order valence-electron chi connectivity index (χ4n) is 2.77. The fraction of sp³-hybridized carbons (Fsp3) is 0.0769. The van der Waals surface area contributed by atoms with Crippen LogP contribution in [-0.4, -0.2) is 42.3 Å². The van der Waals surface area contributed by atoms with E-state index in [1.165, 1.54) is 6.92 Å². The van der Waals surface area contributed by atoms with Crippen LogP contribution in [0.2, 0.25) is 0 Å². The van der Waals surface area contributed by atoms with Crippen molar-refractivity contribution >= 4 is 34.5 Å². The fourth-order valence-corrected chi connectivity index (χ4v) is 2.82. The molecule has 0 aliphatic rings. The molecule has 0 fully saturated rings. The molecule has 1 amide bonds. The van der Waals surface area contributed by atoms with Crippen LogP contribution in [0, 0.1) is 0 Å². The second kappa shape index (κ2) is 13.9. The van der Waals surface area contributed by atoms with E-state index in [-0.39, 0.29) is 5.91 Å². The Bertz CT molecular complexity index is 1130. The first-order valence-electron chi connectivity index (χ1n) is 10.9. The number of nitrogens with zero attached hydrogens (tertiary/aromatic N) is 6. The predicted octanol–water partition coefficient (Wildman–Crippen LogP) is 3.53. The Morgan fingerprint density at radius 2 is 0.944 bits per heavy atom. The second-order valence-electron chi connectivity index (χ2n) is 7.12. The number of hydrogen-bond donors (Lipinski definition) is 2. The van der Waals surface area contributed by atoms with Gasteiger partial charge in [-0.05, 0) is 55.5 Å². The summed E-state index contributed by atoms with van der Waals surface area (Å²) in [6, 6.07) is 22.3. The molecule has 0 unspecified atom stereocenters. The molecule has 0 radical (unpaired) electrons. The molecule has 0 atom stereocenters. The highest BCUT2D eigenvalue weighted by atomic mass is 32.1. The monoisotopic (exact) mass is 496 g/mol. The largest absolute Gasteiger partial charge is 0.274 e. The van der Waals surface area contributed by atoms with Crippen molar-refractivity contribution in [2.45, 2.75) is 13.8 Å². The molecule has 10 heteroatoms. The smallest absolute Gasteiger partial charge is 0.236 e. The molecule has 4 heterocycles. The van der Waals surface area contributed by atoms with Gasteiger partial charge in [0.1, 0.15) is 11.4 Å². The molecule has 180 valence electrons. The first-order valence-corrected chi connectivity index (χ1v) is 11.3. The van der Waals surface area contributed by atoms with Crippen molar-refractivity contribution in [1.29, 1.82) is 0 Å². The zero-order valence-electron chi connectivity index (χ0n) is 19.7. The summed E-state index contributed by atoms with van der Waals surface area (Å²) in [7, 11) is 0. The third-order valence-corrected chi connectivity index (χ3v) is 4.37. The lowest BCUT2D eigenvalue weighted by Crippen LogP contribution is -2.18. The topological polar surface area (TPSA) is 117 Å². The third-order valence-electron chi connectivity index (χ3n) is 4.28. The molecule has 0 saturated carbocycles. The molecule has 0 spiro atoms. The first-order chi connectivity index (χ1) is 17.5. The number of rotatable bonds is 6. The minimum Gasteiger partial charge on any atom is -0.274 e. The summed E-state index contributed by atoms with van der Waals surface area (Å²) in [5.74, 6) is -0.237. The number of hydrazone groups is 2. The maximum atomic E-state index is 11.0. The average molecular weight is 497 g/mol. The highest BCUT2D eigenvalue weighted by Crippen LogP contribution is 2.06. The van der Waals surface area contributed by atoms with Gasteiger partial charge < -0.3 is 0 Å². The van der Waals surface area contributed by atoms with E-state index in [4.69, 9.17) is 12.2 Å². The van der Waals surface area contributed by atoms with E-state index in [9.17, 15) is 4.79 Å². The van der Waals surface area contributed by atoms with Gasteiger partial charge >= 0.3 is 0 Å². The number of carbonyl (C=O) groups excluding carboxylic acids is 1. The van der Waals surface area contributed by atoms with Crippen LogP contribution in [0.1, 0.15) is 36.6 Å². The molecule has 36 heavy (non-hydrogen) atoms. The van der Waals surface area contributed by atoms with E-state index in [0.717, 1.165) is 11.4 Å². The SMILES string of the molecule is CC(=O)NN=C(c1ccccn1)c1ccccn1.CC(=S)NN=C(c1ccccn1)c1ccccn1. The lowest BCUT2D eigenvalue weighted by Gasteiger charge is -2.05. The van der Waals surface area contributed by atoms with E-state index in [2.05, 4.69) is 41.0 Å². The van der Waals surface area contributed by atoms with Crippen LogP contribution < -0.4 is 10.9 Å². The number of thiocarbonyl (C=S) groups is 1. The molecular formula is C26H24N8OS. The Morgan fingerprint density at radius 3 is 1.19 bits per heavy atom. The minimum absolute atomic E-state index is 0.237. The van der Waals surface area contributed by atoms with E-state index < -0.39 is 0 Å². The molecule has 0 saturated heterocycles. The van der Waals surface area contributed by atoms with Crippen molar-refractivity contribution < 1.29 is 4.79 Å². The number of amides is 1. The van der Waals surface area contributed by atoms with E-state index >= 15 is 0 Å². The Balaban J connectivity index is 0.000000201. The van der Waals surface area contributed by atoms with Gasteiger partial charge in [-0.25, -0.2) is 5.43 Å². The Kier molecular flexibility index (Phi) is 9.99. The zero-order valence-corrected chi connectivity index (χ0v) is 20.6. The van der Waals surface area contributed by atoms with Crippen LogP contribution in [-0.2, 0) is 4.79 Å². The number of aromatic nitrogens is 4. The zero-order chi connectivity index (χ0) is 25.6. The van der Waals surface area contributed by atoms with Crippen molar-refractivity contribution in [2.75, 3.05) is 0 Å². The molecule has 0 aliphatic heterocycles. The summed E-state index contributed by atoms with van der Waals surface area (Å²) in [6.07, 6.45) is 6.78. The van der Waals surface area contributed by atoms with Crippen molar-refractivity contribution in [3.05, 3.63) is 120 Å². The Morgan fingerprint density at radius 1 is 0.611 bits per heavy atom. The van der Waals surface area contributed by atoms with Gasteiger partial charge in [0.2, 0.25) is 5.91 Å². The Labute approximate surface area is 214 Å². The average Bonchev–Trinajstić information content (AvgIpc) is 2.91. The number of pyridine rings is 4. The summed E-state index contributed by atoms with van der Waals surface area (Å²) in [6.45, 7) is 3.17. The van der Waals surface area contributed by atoms with Gasteiger partial charge in [0.15, 0.2) is 0 Å². The van der Waals surface area contributed by atoms with Crippen LogP contribution in [0.5, 0.6) is 0 Å². The van der Waals surface area contributed by atoms with Gasteiger partial charge in [0.05, 0.1) is 27.8 Å². The molecule has 9 nitrogen and oxygen atoms in total. The molecule has 4 rings (SSSR count). The lowest BCUT2D eigenvalue weighted by molar-refractivity contribution is -0.118. The highest BCUT2D eigenvalue weighted by molar-refractivity contribution is 7.80. The predicted molar refractivity (Wildman–Crippen MR) is 143 cm³/mol. The van der Waals surface area contributed by atoms with Gasteiger partial charge in [0.25, 0.3) is 0 Å². The maximum Gasteiger partial charge on any atom is 0.236 e. The van der Waals surface area contributed by atoms with Gasteiger partial charge in [-0.3, -0.25) is 30.2 Å². The summed E-state index contributed by atoms with van der Waals surface area (Å²) in [5.41, 5.74) is 9.21. The van der Waals surface area contributed by atoms with Gasteiger partial charge in [0, 0.05) is 31.7 Å². The summed E-state index contributed by atoms with van der Waals surface area (Å²) >= 11 is 4.95. The van der Waals surface area contributed by atoms with E-state index in [0.29, 0.717) is 27.8 Å². The molecule has 0 bridgehead atoms. The molecular weight excluding hydrogens is 472 g/mol. The number of carbonyl (C=O) groups is 1. The standard InChI is InChI=1S/C13H12N4O.C13H12N4S/c2*1-10(18)16-17-13(11-6-2-4-8-14-11)12-7-3-5-9-15-12/h2*2-9H,1H3,(H,16,18). The number of nitrogens with one attached hydrogen (secondary N) is 2. The van der Waals surface area contributed by atoms with Gasteiger partial charge in [-0.15, -0.1) is 0 Å². The lowest BCUT2D eigenvalue weighted by atomic mass is 10.1. The van der Waals surface area contributed by atoms with Crippen molar-refractivity contribution in [3.8, 4) is 0 Å². The maximum absolute atomic E-state index is 11.0. The van der Waals surface area contributed by atoms with E-state index in [1.54, 1.807) is 31.7 Å². The third kappa shape index (κ3) is 8.26. The van der Waals surface area contributed by atoms with Crippen molar-refractivity contribution in [1.82, 2.24) is 30.8 Å². The molecule has 4 aromatic rings. The number of hydrogen-bond acceptors (Lipinski definition) is 8. The van der Waals surface area contributed by atoms with Crippen LogP contribution in [0.3, 0.4) is 0 Å². The van der Waals surface area contributed by atoms with Gasteiger partial charge in [-0.2, -0.15) is 10.2 Å². The van der Waals surface area contributed by atoms with Crippen LogP contribution in [0.25, 0.3) is 0 Å². The molecule has 2 N–H and O–H groups in total. The minimum atomic E-state index is -0.237. The van der Waals surface area contributed by atoms with Crippen molar-refractivity contribution in [3.63, 3.8) is 0 Å².